The normalized spacial score (nSPS) is 10.7. The topological polar surface area (TPSA) is 25.8 Å². The Morgan fingerprint density at radius 2 is 1.94 bits per heavy atom. The molecule has 0 fully saturated rings. The fraction of sp³-hybridized carbons (Fsp3) is 0.231. The van der Waals surface area contributed by atoms with Gasteiger partial charge in [0.1, 0.15) is 5.15 Å². The quantitative estimate of drug-likeness (QED) is 0.717. The van der Waals surface area contributed by atoms with Gasteiger partial charge in [0.2, 0.25) is 0 Å². The highest BCUT2D eigenvalue weighted by Gasteiger charge is 2.07. The van der Waals surface area contributed by atoms with Crippen LogP contribution in [0.2, 0.25) is 10.2 Å². The number of halogens is 3. The van der Waals surface area contributed by atoms with Crippen molar-refractivity contribution < 1.29 is 0 Å². The van der Waals surface area contributed by atoms with Gasteiger partial charge in [0, 0.05) is 15.7 Å². The Bertz CT molecular complexity index is 573. The van der Waals surface area contributed by atoms with E-state index >= 15 is 0 Å². The lowest BCUT2D eigenvalue weighted by atomic mass is 10.2. The molecule has 0 spiro atoms. The molecule has 0 unspecified atom stereocenters. The average Bonchev–Trinajstić information content (AvgIpc) is 2.32. The summed E-state index contributed by atoms with van der Waals surface area (Å²) in [6, 6.07) is 7.42. The molecule has 1 aromatic carbocycles. The van der Waals surface area contributed by atoms with E-state index < -0.39 is 0 Å². The summed E-state index contributed by atoms with van der Waals surface area (Å²) in [5, 5.41) is 1.09. The molecule has 2 aromatic rings. The second-order valence-electron chi connectivity index (χ2n) is 3.88. The monoisotopic (exact) mass is 344 g/mol. The molecular weight excluding hydrogens is 335 g/mol. The number of rotatable bonds is 3. The number of aromatic nitrogens is 2. The molecule has 0 radical (unpaired) electrons. The first-order chi connectivity index (χ1) is 8.60. The highest BCUT2D eigenvalue weighted by Crippen LogP contribution is 2.28. The minimum absolute atomic E-state index is 0.461. The second-order valence-corrected chi connectivity index (χ2v) is 5.53. The van der Waals surface area contributed by atoms with Crippen LogP contribution >= 0.6 is 39.1 Å². The summed E-state index contributed by atoms with van der Waals surface area (Å²) in [7, 11) is 0. The maximum absolute atomic E-state index is 6.07. The van der Waals surface area contributed by atoms with Gasteiger partial charge in [-0.05, 0) is 46.6 Å². The summed E-state index contributed by atoms with van der Waals surface area (Å²) < 4.78 is 0.851. The molecule has 2 rings (SSSR count). The first-order valence-corrected chi connectivity index (χ1v) is 7.14. The third-order valence-electron chi connectivity index (χ3n) is 2.43. The summed E-state index contributed by atoms with van der Waals surface area (Å²) in [6.07, 6.45) is 1.91. The molecule has 1 heterocycles. The van der Waals surface area contributed by atoms with E-state index in [4.69, 9.17) is 23.2 Å². The highest BCUT2D eigenvalue weighted by atomic mass is 79.9. The van der Waals surface area contributed by atoms with Crippen molar-refractivity contribution in [2.75, 3.05) is 0 Å². The average molecular weight is 346 g/mol. The molecule has 2 nitrogen and oxygen atoms in total. The van der Waals surface area contributed by atoms with Crippen LogP contribution in [-0.2, 0) is 6.42 Å². The zero-order valence-corrected chi connectivity index (χ0v) is 12.8. The van der Waals surface area contributed by atoms with Gasteiger partial charge in [-0.2, -0.15) is 0 Å². The van der Waals surface area contributed by atoms with Gasteiger partial charge in [-0.25, -0.2) is 9.97 Å². The zero-order chi connectivity index (χ0) is 13.1. The van der Waals surface area contributed by atoms with E-state index in [1.807, 2.05) is 18.2 Å². The Labute approximate surface area is 124 Å². The van der Waals surface area contributed by atoms with Crippen LogP contribution in [0.25, 0.3) is 11.4 Å². The smallest absolute Gasteiger partial charge is 0.161 e. The van der Waals surface area contributed by atoms with Gasteiger partial charge in [0.25, 0.3) is 0 Å². The maximum atomic E-state index is 6.07. The second kappa shape index (κ2) is 6.00. The van der Waals surface area contributed by atoms with Crippen LogP contribution in [0.4, 0.5) is 0 Å². The molecule has 0 atom stereocenters. The predicted octanol–water partition coefficient (Wildman–Crippen LogP) is 5.17. The van der Waals surface area contributed by atoms with Gasteiger partial charge in [0.05, 0.1) is 5.02 Å². The third kappa shape index (κ3) is 3.22. The minimum atomic E-state index is 0.461. The minimum Gasteiger partial charge on any atom is -0.233 e. The van der Waals surface area contributed by atoms with Gasteiger partial charge in [0.15, 0.2) is 5.82 Å². The van der Waals surface area contributed by atoms with Gasteiger partial charge in [-0.15, -0.1) is 0 Å². The van der Waals surface area contributed by atoms with Crippen LogP contribution in [0.3, 0.4) is 0 Å². The number of nitrogens with zero attached hydrogens (tertiary/aromatic N) is 2. The van der Waals surface area contributed by atoms with Crippen LogP contribution in [0.15, 0.2) is 28.7 Å². The van der Waals surface area contributed by atoms with Crippen molar-refractivity contribution in [3.63, 3.8) is 0 Å². The van der Waals surface area contributed by atoms with Crippen molar-refractivity contribution in [2.45, 2.75) is 19.8 Å². The van der Waals surface area contributed by atoms with E-state index in [1.165, 1.54) is 0 Å². The lowest BCUT2D eigenvalue weighted by Gasteiger charge is -2.05. The van der Waals surface area contributed by atoms with Crippen molar-refractivity contribution in [2.24, 2.45) is 0 Å². The SMILES string of the molecule is CCCc1cc(Cl)nc(-c2ccc(Br)c(Cl)c2)n1. The molecule has 5 heteroatoms. The standard InChI is InChI=1S/C13H11BrCl2N2/c1-2-3-9-7-12(16)18-13(17-9)8-4-5-10(14)11(15)6-8/h4-7H,2-3H2,1H3. The lowest BCUT2D eigenvalue weighted by Crippen LogP contribution is -1.96. The van der Waals surface area contributed by atoms with Crippen LogP contribution in [0, 0.1) is 0 Å². The van der Waals surface area contributed by atoms with Crippen LogP contribution < -0.4 is 0 Å². The third-order valence-corrected chi connectivity index (χ3v) is 3.86. The molecule has 0 aliphatic rings. The molecule has 18 heavy (non-hydrogen) atoms. The number of hydrogen-bond acceptors (Lipinski definition) is 2. The lowest BCUT2D eigenvalue weighted by molar-refractivity contribution is 0.875. The maximum Gasteiger partial charge on any atom is 0.161 e. The summed E-state index contributed by atoms with van der Waals surface area (Å²) in [4.78, 5) is 8.73. The predicted molar refractivity (Wildman–Crippen MR) is 79.2 cm³/mol. The van der Waals surface area contributed by atoms with Gasteiger partial charge >= 0.3 is 0 Å². The molecule has 0 saturated heterocycles. The molecule has 0 aliphatic heterocycles. The molecule has 94 valence electrons. The molecular formula is C13H11BrCl2N2. The Kier molecular flexibility index (Phi) is 4.60. The number of aryl methyl sites for hydroxylation is 1. The summed E-state index contributed by atoms with van der Waals surface area (Å²) >= 11 is 15.4. The molecule has 1 aromatic heterocycles. The van der Waals surface area contributed by atoms with Crippen molar-refractivity contribution in [3.05, 3.63) is 44.6 Å². The van der Waals surface area contributed by atoms with E-state index in [0.29, 0.717) is 16.0 Å². The van der Waals surface area contributed by atoms with Crippen LogP contribution in [-0.4, -0.2) is 9.97 Å². The largest absolute Gasteiger partial charge is 0.233 e. The fourth-order valence-corrected chi connectivity index (χ4v) is 2.25. The number of hydrogen-bond donors (Lipinski definition) is 0. The molecule has 0 bridgehead atoms. The fourth-order valence-electron chi connectivity index (χ4n) is 1.61. The van der Waals surface area contributed by atoms with E-state index in [1.54, 1.807) is 6.07 Å². The van der Waals surface area contributed by atoms with Crippen molar-refractivity contribution in [1.29, 1.82) is 0 Å². The van der Waals surface area contributed by atoms with Crippen LogP contribution in [0.5, 0.6) is 0 Å². The molecule has 0 saturated carbocycles. The van der Waals surface area contributed by atoms with Gasteiger partial charge in [-0.1, -0.05) is 36.5 Å². The molecule has 0 amide bonds. The number of benzene rings is 1. The molecule has 0 N–H and O–H groups in total. The Balaban J connectivity index is 2.46. The summed E-state index contributed by atoms with van der Waals surface area (Å²) in [5.41, 5.74) is 1.81. The van der Waals surface area contributed by atoms with E-state index in [9.17, 15) is 0 Å². The summed E-state index contributed by atoms with van der Waals surface area (Å²) in [5.74, 6) is 0.611. The Morgan fingerprint density at radius 3 is 2.61 bits per heavy atom. The van der Waals surface area contributed by atoms with Crippen LogP contribution in [0.1, 0.15) is 19.0 Å². The summed E-state index contributed by atoms with van der Waals surface area (Å²) in [6.45, 7) is 2.10. The Morgan fingerprint density at radius 1 is 1.17 bits per heavy atom. The van der Waals surface area contributed by atoms with E-state index in [2.05, 4.69) is 32.8 Å². The van der Waals surface area contributed by atoms with Crippen molar-refractivity contribution in [3.8, 4) is 11.4 Å². The van der Waals surface area contributed by atoms with Crippen molar-refractivity contribution in [1.82, 2.24) is 9.97 Å². The van der Waals surface area contributed by atoms with Crippen molar-refractivity contribution >= 4 is 39.1 Å². The highest BCUT2D eigenvalue weighted by molar-refractivity contribution is 9.10. The zero-order valence-electron chi connectivity index (χ0n) is 9.75. The van der Waals surface area contributed by atoms with Gasteiger partial charge in [-0.3, -0.25) is 0 Å². The van der Waals surface area contributed by atoms with Gasteiger partial charge < -0.3 is 0 Å². The van der Waals surface area contributed by atoms with E-state index in [0.717, 1.165) is 28.6 Å². The first kappa shape index (κ1) is 13.8. The van der Waals surface area contributed by atoms with E-state index in [-0.39, 0.29) is 0 Å². The Hall–Kier alpha value is -0.640. The molecule has 0 aliphatic carbocycles. The first-order valence-electron chi connectivity index (χ1n) is 5.59.